The smallest absolute Gasteiger partial charge is 0.417 e. The van der Waals surface area contributed by atoms with Gasteiger partial charge in [0, 0.05) is 6.20 Å². The molecule has 1 N–H and O–H groups in total. The molecule has 5 nitrogen and oxygen atoms in total. The van der Waals surface area contributed by atoms with Crippen molar-refractivity contribution in [2.24, 2.45) is 5.10 Å². The third-order valence-electron chi connectivity index (χ3n) is 5.07. The van der Waals surface area contributed by atoms with Gasteiger partial charge in [-0.25, -0.2) is 4.98 Å². The van der Waals surface area contributed by atoms with E-state index in [1.807, 2.05) is 49.4 Å². The van der Waals surface area contributed by atoms with E-state index in [-0.39, 0.29) is 5.82 Å². The van der Waals surface area contributed by atoms with Crippen LogP contribution in [-0.2, 0) is 12.8 Å². The Morgan fingerprint density at radius 2 is 1.83 bits per heavy atom. The van der Waals surface area contributed by atoms with Crippen LogP contribution >= 0.6 is 11.6 Å². The summed E-state index contributed by atoms with van der Waals surface area (Å²) in [4.78, 5) is 3.71. The van der Waals surface area contributed by atoms with Crippen molar-refractivity contribution in [2.75, 3.05) is 12.0 Å². The lowest BCUT2D eigenvalue weighted by molar-refractivity contribution is -0.137. The molecule has 3 aromatic carbocycles. The number of hydrogen-bond donors (Lipinski definition) is 1. The van der Waals surface area contributed by atoms with Crippen molar-refractivity contribution < 1.29 is 22.6 Å². The first-order valence-corrected chi connectivity index (χ1v) is 11.1. The highest BCUT2D eigenvalue weighted by Crippen LogP contribution is 2.37. The van der Waals surface area contributed by atoms with E-state index in [1.165, 1.54) is 12.3 Å². The molecule has 180 valence electrons. The topological polar surface area (TPSA) is 55.7 Å². The summed E-state index contributed by atoms with van der Waals surface area (Å²) in [5, 5.41) is 6.58. The number of nitrogens with one attached hydrogen (secondary N) is 1. The van der Waals surface area contributed by atoms with Crippen LogP contribution in [0.1, 0.15) is 23.6 Å². The summed E-state index contributed by atoms with van der Waals surface area (Å²) in [6, 6.07) is 19.6. The van der Waals surface area contributed by atoms with Crippen LogP contribution in [-0.4, -0.2) is 17.8 Å². The number of pyridine rings is 1. The van der Waals surface area contributed by atoms with Gasteiger partial charge in [-0.15, -0.1) is 0 Å². The zero-order chi connectivity index (χ0) is 24.8. The normalized spacial score (nSPS) is 11.7. The third-order valence-corrected chi connectivity index (χ3v) is 5.35. The number of aromatic nitrogens is 1. The lowest BCUT2D eigenvalue weighted by Crippen LogP contribution is -2.05. The lowest BCUT2D eigenvalue weighted by atomic mass is 10.1. The first kappa shape index (κ1) is 24.3. The maximum absolute atomic E-state index is 12.7. The first-order valence-electron chi connectivity index (χ1n) is 10.7. The molecule has 0 bridgehead atoms. The fourth-order valence-electron chi connectivity index (χ4n) is 3.43. The minimum atomic E-state index is -4.45. The molecule has 35 heavy (non-hydrogen) atoms. The lowest BCUT2D eigenvalue weighted by Gasteiger charge is -2.15. The zero-order valence-corrected chi connectivity index (χ0v) is 19.4. The van der Waals surface area contributed by atoms with Crippen molar-refractivity contribution in [2.45, 2.75) is 19.7 Å². The molecular weight excluding hydrogens is 479 g/mol. The molecule has 1 aromatic heterocycles. The average Bonchev–Trinajstić information content (AvgIpc) is 2.83. The quantitative estimate of drug-likeness (QED) is 0.204. The van der Waals surface area contributed by atoms with E-state index in [4.69, 9.17) is 21.1 Å². The van der Waals surface area contributed by atoms with Crippen LogP contribution < -0.4 is 14.9 Å². The third kappa shape index (κ3) is 6.02. The number of benzene rings is 3. The van der Waals surface area contributed by atoms with Crippen LogP contribution in [0.3, 0.4) is 0 Å². The Kier molecular flexibility index (Phi) is 7.41. The maximum atomic E-state index is 12.7. The molecule has 0 fully saturated rings. The molecule has 0 radical (unpaired) electrons. The highest BCUT2D eigenvalue weighted by Gasteiger charge is 2.30. The van der Waals surface area contributed by atoms with Crippen molar-refractivity contribution in [1.29, 1.82) is 0 Å². The van der Waals surface area contributed by atoms with E-state index in [1.54, 1.807) is 12.1 Å². The van der Waals surface area contributed by atoms with Gasteiger partial charge >= 0.3 is 6.18 Å². The first-order chi connectivity index (χ1) is 16.8. The van der Waals surface area contributed by atoms with E-state index >= 15 is 0 Å². The molecule has 4 aromatic rings. The monoisotopic (exact) mass is 499 g/mol. The Morgan fingerprint density at radius 3 is 2.57 bits per heavy atom. The van der Waals surface area contributed by atoms with E-state index in [9.17, 15) is 13.2 Å². The summed E-state index contributed by atoms with van der Waals surface area (Å²) in [6.07, 6.45) is -2.25. The largest absolute Gasteiger partial charge is 0.490 e. The Morgan fingerprint density at radius 1 is 1.03 bits per heavy atom. The molecule has 0 aliphatic carbocycles. The molecular formula is C26H21ClF3N3O2. The molecule has 0 amide bonds. The fraction of sp³-hybridized carbons (Fsp3) is 0.154. The second-order valence-electron chi connectivity index (χ2n) is 7.49. The number of rotatable bonds is 8. The summed E-state index contributed by atoms with van der Waals surface area (Å²) in [5.41, 5.74) is 3.38. The predicted molar refractivity (Wildman–Crippen MR) is 131 cm³/mol. The minimum absolute atomic E-state index is 0.167. The molecule has 1 heterocycles. The van der Waals surface area contributed by atoms with E-state index in [0.29, 0.717) is 35.3 Å². The average molecular weight is 500 g/mol. The van der Waals surface area contributed by atoms with Crippen molar-refractivity contribution in [1.82, 2.24) is 4.98 Å². The Balaban J connectivity index is 1.49. The van der Waals surface area contributed by atoms with Crippen molar-refractivity contribution >= 4 is 34.4 Å². The molecule has 0 unspecified atom stereocenters. The molecule has 0 saturated heterocycles. The SMILES string of the molecule is CCOc1cc(/C=N\Nc2ccc(C(F)(F)F)cn2)cc(Cl)c1OCc1cccc2ccccc12. The molecule has 0 spiro atoms. The van der Waals surface area contributed by atoms with E-state index < -0.39 is 11.7 Å². The zero-order valence-electron chi connectivity index (χ0n) is 18.6. The maximum Gasteiger partial charge on any atom is 0.417 e. The number of anilines is 1. The minimum Gasteiger partial charge on any atom is -0.490 e. The van der Waals surface area contributed by atoms with Gasteiger partial charge in [0.1, 0.15) is 12.4 Å². The number of alkyl halides is 3. The van der Waals surface area contributed by atoms with Crippen molar-refractivity contribution in [3.05, 3.63) is 94.6 Å². The highest BCUT2D eigenvalue weighted by atomic mass is 35.5. The van der Waals surface area contributed by atoms with Gasteiger partial charge in [-0.3, -0.25) is 5.43 Å². The van der Waals surface area contributed by atoms with E-state index in [0.717, 1.165) is 28.6 Å². The molecule has 0 aliphatic rings. The fourth-order valence-corrected chi connectivity index (χ4v) is 3.71. The van der Waals surface area contributed by atoms with Crippen LogP contribution in [0.2, 0.25) is 5.02 Å². The number of fused-ring (bicyclic) bond motifs is 1. The molecule has 0 aliphatic heterocycles. The summed E-state index contributed by atoms with van der Waals surface area (Å²) >= 11 is 6.50. The second kappa shape index (κ2) is 10.7. The van der Waals surface area contributed by atoms with Gasteiger partial charge in [-0.05, 0) is 53.1 Å². The highest BCUT2D eigenvalue weighted by molar-refractivity contribution is 6.32. The Hall–Kier alpha value is -3.78. The van der Waals surface area contributed by atoms with Crippen LogP contribution in [0.5, 0.6) is 11.5 Å². The number of ether oxygens (including phenoxy) is 2. The number of hydrazone groups is 1. The van der Waals surface area contributed by atoms with Crippen molar-refractivity contribution in [3.63, 3.8) is 0 Å². The number of halogens is 4. The summed E-state index contributed by atoms with van der Waals surface area (Å²) < 4.78 is 49.8. The van der Waals surface area contributed by atoms with Gasteiger partial charge in [-0.1, -0.05) is 54.1 Å². The van der Waals surface area contributed by atoms with Gasteiger partial charge in [0.2, 0.25) is 0 Å². The summed E-state index contributed by atoms with van der Waals surface area (Å²) in [5.74, 6) is 1.03. The van der Waals surface area contributed by atoms with Crippen LogP contribution in [0, 0.1) is 0 Å². The van der Waals surface area contributed by atoms with Gasteiger partial charge in [0.05, 0.1) is 23.4 Å². The van der Waals surface area contributed by atoms with Gasteiger partial charge in [-0.2, -0.15) is 18.3 Å². The van der Waals surface area contributed by atoms with Crippen molar-refractivity contribution in [3.8, 4) is 11.5 Å². The Bertz CT molecular complexity index is 1340. The second-order valence-corrected chi connectivity index (χ2v) is 7.90. The number of hydrogen-bond acceptors (Lipinski definition) is 5. The molecule has 0 atom stereocenters. The van der Waals surface area contributed by atoms with Crippen LogP contribution in [0.25, 0.3) is 10.8 Å². The molecule has 0 saturated carbocycles. The Labute approximate surface area is 205 Å². The van der Waals surface area contributed by atoms with Gasteiger partial charge in [0.15, 0.2) is 11.5 Å². The van der Waals surface area contributed by atoms with Gasteiger partial charge < -0.3 is 9.47 Å². The standard InChI is InChI=1S/C26H21ClF3N3O2/c1-2-34-23-13-17(14-32-33-24-11-10-20(15-31-24)26(28,29)30)12-22(27)25(23)35-16-19-8-5-7-18-6-3-4-9-21(18)19/h3-15H,2,16H2,1H3,(H,31,33)/b32-14-. The van der Waals surface area contributed by atoms with Crippen LogP contribution in [0.15, 0.2) is 78.0 Å². The summed E-state index contributed by atoms with van der Waals surface area (Å²) in [7, 11) is 0. The molecule has 9 heteroatoms. The van der Waals surface area contributed by atoms with E-state index in [2.05, 4.69) is 15.5 Å². The van der Waals surface area contributed by atoms with Crippen LogP contribution in [0.4, 0.5) is 19.0 Å². The molecule has 4 rings (SSSR count). The predicted octanol–water partition coefficient (Wildman–Crippen LogP) is 7.33. The number of nitrogens with zero attached hydrogens (tertiary/aromatic N) is 2. The van der Waals surface area contributed by atoms with Gasteiger partial charge in [0.25, 0.3) is 0 Å². The summed E-state index contributed by atoms with van der Waals surface area (Å²) in [6.45, 7) is 2.55.